The first-order valence-corrected chi connectivity index (χ1v) is 9.36. The number of aryl methyl sites for hydroxylation is 1. The molecule has 0 saturated heterocycles. The largest absolute Gasteiger partial charge is 0.432 e. The van der Waals surface area contributed by atoms with Crippen molar-refractivity contribution in [3.63, 3.8) is 0 Å². The van der Waals surface area contributed by atoms with Gasteiger partial charge in [-0.3, -0.25) is 4.31 Å². The highest BCUT2D eigenvalue weighted by molar-refractivity contribution is 7.92. The zero-order valence-corrected chi connectivity index (χ0v) is 14.5. The molecular formula is C17H17F3N2O3S. The second-order valence-corrected chi connectivity index (χ2v) is 7.68. The van der Waals surface area contributed by atoms with Gasteiger partial charge in [-0.2, -0.15) is 8.78 Å². The summed E-state index contributed by atoms with van der Waals surface area (Å²) < 4.78 is 69.5. The SMILES string of the molecule is NCc1ccc2c(c1)CCCN2S(=O)(=O)c1ccc(OC(F)F)c(F)c1. The van der Waals surface area contributed by atoms with Crippen molar-refractivity contribution >= 4 is 15.7 Å². The van der Waals surface area contributed by atoms with E-state index in [1.54, 1.807) is 12.1 Å². The van der Waals surface area contributed by atoms with Gasteiger partial charge in [0.25, 0.3) is 10.0 Å². The number of hydrogen-bond acceptors (Lipinski definition) is 4. The molecule has 0 radical (unpaired) electrons. The monoisotopic (exact) mass is 386 g/mol. The van der Waals surface area contributed by atoms with Crippen LogP contribution >= 0.6 is 0 Å². The third kappa shape index (κ3) is 3.49. The number of nitrogens with zero attached hydrogens (tertiary/aromatic N) is 1. The molecule has 1 aliphatic rings. The summed E-state index contributed by atoms with van der Waals surface area (Å²) in [5, 5.41) is 0. The lowest BCUT2D eigenvalue weighted by molar-refractivity contribution is -0.0522. The minimum Gasteiger partial charge on any atom is -0.432 e. The highest BCUT2D eigenvalue weighted by atomic mass is 32.2. The van der Waals surface area contributed by atoms with E-state index in [4.69, 9.17) is 5.73 Å². The van der Waals surface area contributed by atoms with Gasteiger partial charge in [-0.1, -0.05) is 12.1 Å². The van der Waals surface area contributed by atoms with Gasteiger partial charge in [-0.15, -0.1) is 0 Å². The fraction of sp³-hybridized carbons (Fsp3) is 0.294. The summed E-state index contributed by atoms with van der Waals surface area (Å²) in [7, 11) is -4.04. The summed E-state index contributed by atoms with van der Waals surface area (Å²) in [4.78, 5) is -0.327. The standard InChI is InChI=1S/C17H17F3N2O3S/c18-14-9-13(4-6-16(14)25-17(19)20)26(23,24)22-7-1-2-12-8-11(10-21)3-5-15(12)22/h3-6,8-9,17H,1-2,7,10,21H2. The molecule has 1 aliphatic heterocycles. The molecule has 2 N–H and O–H groups in total. The van der Waals surface area contributed by atoms with Gasteiger partial charge in [-0.25, -0.2) is 12.8 Å². The second-order valence-electron chi connectivity index (χ2n) is 5.82. The number of rotatable bonds is 5. The first-order valence-electron chi connectivity index (χ1n) is 7.92. The van der Waals surface area contributed by atoms with Crippen LogP contribution in [0.4, 0.5) is 18.9 Å². The molecule has 5 nitrogen and oxygen atoms in total. The quantitative estimate of drug-likeness (QED) is 0.857. The molecule has 0 amide bonds. The van der Waals surface area contributed by atoms with E-state index in [1.165, 1.54) is 4.31 Å². The molecule has 2 aromatic rings. The number of halogens is 3. The number of fused-ring (bicyclic) bond motifs is 1. The van der Waals surface area contributed by atoms with Crippen LogP contribution in [0.3, 0.4) is 0 Å². The maximum Gasteiger partial charge on any atom is 0.387 e. The Bertz CT molecular complexity index is 919. The van der Waals surface area contributed by atoms with Gasteiger partial charge in [-0.05, 0) is 48.2 Å². The van der Waals surface area contributed by atoms with Crippen LogP contribution in [0.25, 0.3) is 0 Å². The molecule has 26 heavy (non-hydrogen) atoms. The number of anilines is 1. The number of benzene rings is 2. The Morgan fingerprint density at radius 3 is 2.62 bits per heavy atom. The zero-order chi connectivity index (χ0) is 18.9. The van der Waals surface area contributed by atoms with E-state index >= 15 is 0 Å². The van der Waals surface area contributed by atoms with Gasteiger partial charge in [0.15, 0.2) is 11.6 Å². The summed E-state index contributed by atoms with van der Waals surface area (Å²) in [6.45, 7) is -2.61. The van der Waals surface area contributed by atoms with Crippen molar-refractivity contribution in [2.75, 3.05) is 10.8 Å². The van der Waals surface area contributed by atoms with E-state index < -0.39 is 28.2 Å². The van der Waals surface area contributed by atoms with Crippen molar-refractivity contribution in [3.05, 3.63) is 53.3 Å². The third-order valence-electron chi connectivity index (χ3n) is 4.16. The molecule has 2 aromatic carbocycles. The van der Waals surface area contributed by atoms with Crippen molar-refractivity contribution < 1.29 is 26.3 Å². The maximum absolute atomic E-state index is 13.9. The van der Waals surface area contributed by atoms with Crippen LogP contribution in [-0.4, -0.2) is 21.6 Å². The number of alkyl halides is 2. The topological polar surface area (TPSA) is 72.6 Å². The molecule has 0 spiro atoms. The highest BCUT2D eigenvalue weighted by Gasteiger charge is 2.30. The summed E-state index contributed by atoms with van der Waals surface area (Å²) in [6.07, 6.45) is 1.32. The molecule has 1 heterocycles. The van der Waals surface area contributed by atoms with Crippen molar-refractivity contribution in [2.24, 2.45) is 5.73 Å². The molecule has 0 fully saturated rings. The van der Waals surface area contributed by atoms with Crippen LogP contribution in [-0.2, 0) is 23.0 Å². The van der Waals surface area contributed by atoms with Crippen molar-refractivity contribution in [1.82, 2.24) is 0 Å². The smallest absolute Gasteiger partial charge is 0.387 e. The van der Waals surface area contributed by atoms with Gasteiger partial charge in [0.2, 0.25) is 0 Å². The Morgan fingerprint density at radius 2 is 1.96 bits per heavy atom. The lowest BCUT2D eigenvalue weighted by Crippen LogP contribution is -2.35. The second kappa shape index (κ2) is 7.16. The van der Waals surface area contributed by atoms with Crippen molar-refractivity contribution in [2.45, 2.75) is 30.9 Å². The van der Waals surface area contributed by atoms with Crippen molar-refractivity contribution in [3.8, 4) is 5.75 Å². The van der Waals surface area contributed by atoms with Crippen LogP contribution < -0.4 is 14.8 Å². The Morgan fingerprint density at radius 1 is 1.19 bits per heavy atom. The first kappa shape index (κ1) is 18.5. The number of ether oxygens (including phenoxy) is 1. The summed E-state index contributed by atoms with van der Waals surface area (Å²) >= 11 is 0. The number of hydrogen-bond donors (Lipinski definition) is 1. The normalized spacial score (nSPS) is 14.4. The highest BCUT2D eigenvalue weighted by Crippen LogP contribution is 2.33. The van der Waals surface area contributed by atoms with Crippen LogP contribution in [0.15, 0.2) is 41.3 Å². The summed E-state index contributed by atoms with van der Waals surface area (Å²) in [5.74, 6) is -1.87. The fourth-order valence-electron chi connectivity index (χ4n) is 2.95. The summed E-state index contributed by atoms with van der Waals surface area (Å²) in [5.41, 5.74) is 7.88. The number of sulfonamides is 1. The van der Waals surface area contributed by atoms with E-state index in [0.29, 0.717) is 31.1 Å². The minimum atomic E-state index is -4.04. The van der Waals surface area contributed by atoms with E-state index in [1.807, 2.05) is 6.07 Å². The lowest BCUT2D eigenvalue weighted by Gasteiger charge is -2.31. The molecule has 9 heteroatoms. The Kier molecular flexibility index (Phi) is 5.10. The average Bonchev–Trinajstić information content (AvgIpc) is 2.61. The molecule has 0 aliphatic carbocycles. The van der Waals surface area contributed by atoms with Gasteiger partial charge in [0.05, 0.1) is 10.6 Å². The molecule has 0 saturated carbocycles. The molecular weight excluding hydrogens is 369 g/mol. The van der Waals surface area contributed by atoms with E-state index in [-0.39, 0.29) is 11.4 Å². The number of nitrogens with two attached hydrogens (primary N) is 1. The maximum atomic E-state index is 13.9. The van der Waals surface area contributed by atoms with E-state index in [9.17, 15) is 21.6 Å². The molecule has 0 unspecified atom stereocenters. The van der Waals surface area contributed by atoms with Crippen LogP contribution in [0, 0.1) is 5.82 Å². The fourth-order valence-corrected chi connectivity index (χ4v) is 4.51. The van der Waals surface area contributed by atoms with Gasteiger partial charge >= 0.3 is 6.61 Å². The van der Waals surface area contributed by atoms with Gasteiger partial charge in [0.1, 0.15) is 0 Å². The zero-order valence-electron chi connectivity index (χ0n) is 13.7. The van der Waals surface area contributed by atoms with Gasteiger partial charge < -0.3 is 10.5 Å². The Hall–Kier alpha value is -2.26. The van der Waals surface area contributed by atoms with Crippen LogP contribution in [0.2, 0.25) is 0 Å². The minimum absolute atomic E-state index is 0.244. The van der Waals surface area contributed by atoms with Crippen LogP contribution in [0.5, 0.6) is 5.75 Å². The lowest BCUT2D eigenvalue weighted by atomic mass is 10.0. The molecule has 0 bridgehead atoms. The van der Waals surface area contributed by atoms with E-state index in [0.717, 1.165) is 23.3 Å². The first-order chi connectivity index (χ1) is 12.3. The van der Waals surface area contributed by atoms with Gasteiger partial charge in [0, 0.05) is 13.1 Å². The molecule has 140 valence electrons. The van der Waals surface area contributed by atoms with Crippen molar-refractivity contribution in [1.29, 1.82) is 0 Å². The molecule has 0 atom stereocenters. The molecule has 3 rings (SSSR count). The predicted molar refractivity (Wildman–Crippen MR) is 90.2 cm³/mol. The Balaban J connectivity index is 1.98. The van der Waals surface area contributed by atoms with E-state index in [2.05, 4.69) is 4.74 Å². The van der Waals surface area contributed by atoms with Crippen LogP contribution in [0.1, 0.15) is 17.5 Å². The third-order valence-corrected chi connectivity index (χ3v) is 5.97. The average molecular weight is 386 g/mol. The predicted octanol–water partition coefficient (Wildman–Crippen LogP) is 3.03. The summed E-state index contributed by atoms with van der Waals surface area (Å²) in [6, 6.07) is 7.91. The Labute approximate surface area is 149 Å². The molecule has 0 aromatic heterocycles.